The zero-order valence-corrected chi connectivity index (χ0v) is 12.2. The van der Waals surface area contributed by atoms with Crippen molar-refractivity contribution in [3.05, 3.63) is 10.7 Å². The van der Waals surface area contributed by atoms with Gasteiger partial charge in [-0.3, -0.25) is 5.43 Å². The molecule has 0 aromatic carbocycles. The maximum Gasteiger partial charge on any atom is 0.239 e. The first-order valence-electron chi connectivity index (χ1n) is 6.43. The van der Waals surface area contributed by atoms with Crippen molar-refractivity contribution in [3.63, 3.8) is 0 Å². The molecule has 2 atom stereocenters. The first-order valence-corrected chi connectivity index (χ1v) is 7.23. The lowest BCUT2D eigenvalue weighted by molar-refractivity contribution is 0.268. The summed E-state index contributed by atoms with van der Waals surface area (Å²) in [4.78, 5) is 8.33. The molecule has 100 valence electrons. The summed E-state index contributed by atoms with van der Waals surface area (Å²) in [7, 11) is 0. The molecule has 4 N–H and O–H groups in total. The van der Waals surface area contributed by atoms with E-state index in [1.807, 2.05) is 0 Å². The number of aromatic nitrogens is 2. The Hall–Kier alpha value is -0.880. The predicted molar refractivity (Wildman–Crippen MR) is 77.2 cm³/mol. The average Bonchev–Trinajstić information content (AvgIpc) is 2.39. The molecule has 18 heavy (non-hydrogen) atoms. The quantitative estimate of drug-likeness (QED) is 0.588. The molecular formula is C12H20BrN5. The van der Waals surface area contributed by atoms with E-state index < -0.39 is 0 Å². The van der Waals surface area contributed by atoms with Crippen LogP contribution in [-0.4, -0.2) is 16.5 Å². The topological polar surface area (TPSA) is 75.9 Å². The lowest BCUT2D eigenvalue weighted by atomic mass is 9.80. The van der Waals surface area contributed by atoms with Crippen LogP contribution in [0, 0.1) is 11.8 Å². The Balaban J connectivity index is 1.96. The van der Waals surface area contributed by atoms with Gasteiger partial charge in [-0.2, -0.15) is 4.98 Å². The summed E-state index contributed by atoms with van der Waals surface area (Å²) in [5, 5.41) is 3.39. The molecule has 1 aliphatic rings. The Bertz CT molecular complexity index is 398. The van der Waals surface area contributed by atoms with E-state index in [-0.39, 0.29) is 0 Å². The van der Waals surface area contributed by atoms with Gasteiger partial charge in [0.15, 0.2) is 0 Å². The van der Waals surface area contributed by atoms with Gasteiger partial charge in [0, 0.05) is 12.7 Å². The summed E-state index contributed by atoms with van der Waals surface area (Å²) in [6.45, 7) is 3.30. The number of nitrogens with two attached hydrogens (primary N) is 1. The standard InChI is InChI=1S/C12H20BrN5/c1-8-4-2-3-5-9(8)6-15-11-10(13)7-16-12(17-11)18-14/h7-9H,2-6,14H2,1H3,(H2,15,16,17,18). The van der Waals surface area contributed by atoms with Gasteiger partial charge in [-0.25, -0.2) is 10.8 Å². The van der Waals surface area contributed by atoms with Crippen molar-refractivity contribution in [1.29, 1.82) is 0 Å². The van der Waals surface area contributed by atoms with Crippen LogP contribution in [0.5, 0.6) is 0 Å². The molecule has 5 nitrogen and oxygen atoms in total. The second-order valence-electron chi connectivity index (χ2n) is 4.94. The number of rotatable bonds is 4. The smallest absolute Gasteiger partial charge is 0.239 e. The van der Waals surface area contributed by atoms with Crippen LogP contribution in [0.25, 0.3) is 0 Å². The Morgan fingerprint density at radius 3 is 2.94 bits per heavy atom. The summed E-state index contributed by atoms with van der Waals surface area (Å²) in [5.74, 6) is 8.06. The van der Waals surface area contributed by atoms with E-state index in [0.29, 0.717) is 5.95 Å². The monoisotopic (exact) mass is 313 g/mol. The SMILES string of the molecule is CC1CCCCC1CNc1nc(NN)ncc1Br. The third-order valence-electron chi connectivity index (χ3n) is 3.69. The molecule has 6 heteroatoms. The van der Waals surface area contributed by atoms with E-state index in [1.165, 1.54) is 25.7 Å². The van der Waals surface area contributed by atoms with Crippen LogP contribution in [0.15, 0.2) is 10.7 Å². The van der Waals surface area contributed by atoms with Gasteiger partial charge in [0.2, 0.25) is 5.95 Å². The van der Waals surface area contributed by atoms with Crippen LogP contribution in [0.4, 0.5) is 11.8 Å². The van der Waals surface area contributed by atoms with Gasteiger partial charge in [0.25, 0.3) is 0 Å². The molecule has 1 aromatic heterocycles. The highest BCUT2D eigenvalue weighted by atomic mass is 79.9. The zero-order valence-electron chi connectivity index (χ0n) is 10.6. The molecule has 1 heterocycles. The summed E-state index contributed by atoms with van der Waals surface area (Å²) in [5.41, 5.74) is 2.46. The van der Waals surface area contributed by atoms with Crippen molar-refractivity contribution >= 4 is 27.7 Å². The second-order valence-corrected chi connectivity index (χ2v) is 5.79. The van der Waals surface area contributed by atoms with E-state index in [1.54, 1.807) is 6.20 Å². The van der Waals surface area contributed by atoms with Gasteiger partial charge in [-0.1, -0.05) is 26.2 Å². The van der Waals surface area contributed by atoms with Gasteiger partial charge in [-0.15, -0.1) is 0 Å². The molecular weight excluding hydrogens is 294 g/mol. The molecule has 0 spiro atoms. The Morgan fingerprint density at radius 2 is 2.22 bits per heavy atom. The molecule has 0 amide bonds. The number of nitrogens with zero attached hydrogens (tertiary/aromatic N) is 2. The Labute approximate surface area is 116 Å². The van der Waals surface area contributed by atoms with Crippen LogP contribution >= 0.6 is 15.9 Å². The van der Waals surface area contributed by atoms with Crippen molar-refractivity contribution in [2.24, 2.45) is 17.7 Å². The lowest BCUT2D eigenvalue weighted by Crippen LogP contribution is -2.25. The molecule has 2 rings (SSSR count). The minimum atomic E-state index is 0.428. The van der Waals surface area contributed by atoms with Crippen LogP contribution in [0.2, 0.25) is 0 Å². The second kappa shape index (κ2) is 6.33. The van der Waals surface area contributed by atoms with Gasteiger partial charge >= 0.3 is 0 Å². The molecule has 0 bridgehead atoms. The minimum absolute atomic E-state index is 0.428. The highest BCUT2D eigenvalue weighted by molar-refractivity contribution is 9.10. The number of halogens is 1. The number of nitrogens with one attached hydrogen (secondary N) is 2. The largest absolute Gasteiger partial charge is 0.369 e. The van der Waals surface area contributed by atoms with Crippen molar-refractivity contribution < 1.29 is 0 Å². The van der Waals surface area contributed by atoms with Gasteiger partial charge in [0.1, 0.15) is 5.82 Å². The van der Waals surface area contributed by atoms with Crippen LogP contribution in [-0.2, 0) is 0 Å². The van der Waals surface area contributed by atoms with Gasteiger partial charge < -0.3 is 5.32 Å². The number of nitrogen functional groups attached to an aromatic ring is 1. The molecule has 0 saturated heterocycles. The Kier molecular flexibility index (Phi) is 4.77. The van der Waals surface area contributed by atoms with Crippen LogP contribution in [0.3, 0.4) is 0 Å². The minimum Gasteiger partial charge on any atom is -0.369 e. The van der Waals surface area contributed by atoms with E-state index in [2.05, 4.69) is 43.6 Å². The molecule has 0 radical (unpaired) electrons. The van der Waals surface area contributed by atoms with Crippen LogP contribution in [0.1, 0.15) is 32.6 Å². The molecule has 0 aliphatic heterocycles. The van der Waals surface area contributed by atoms with Crippen molar-refractivity contribution in [2.75, 3.05) is 17.3 Å². The average molecular weight is 314 g/mol. The zero-order chi connectivity index (χ0) is 13.0. The lowest BCUT2D eigenvalue weighted by Gasteiger charge is -2.29. The van der Waals surface area contributed by atoms with Crippen molar-refractivity contribution in [3.8, 4) is 0 Å². The molecule has 1 aliphatic carbocycles. The van der Waals surface area contributed by atoms with E-state index in [9.17, 15) is 0 Å². The maximum atomic E-state index is 5.31. The summed E-state index contributed by atoms with van der Waals surface area (Å²) in [6, 6.07) is 0. The number of hydrogen-bond donors (Lipinski definition) is 3. The fourth-order valence-electron chi connectivity index (χ4n) is 2.48. The fraction of sp³-hybridized carbons (Fsp3) is 0.667. The summed E-state index contributed by atoms with van der Waals surface area (Å²) in [6.07, 6.45) is 7.06. The van der Waals surface area contributed by atoms with E-state index >= 15 is 0 Å². The highest BCUT2D eigenvalue weighted by Crippen LogP contribution is 2.30. The van der Waals surface area contributed by atoms with Crippen LogP contribution < -0.4 is 16.6 Å². The normalized spacial score (nSPS) is 23.7. The number of hydrazine groups is 1. The van der Waals surface area contributed by atoms with E-state index in [0.717, 1.165) is 28.7 Å². The fourth-order valence-corrected chi connectivity index (χ4v) is 2.82. The number of anilines is 2. The molecule has 1 aromatic rings. The third kappa shape index (κ3) is 3.32. The Morgan fingerprint density at radius 1 is 1.44 bits per heavy atom. The molecule has 1 saturated carbocycles. The molecule has 1 fully saturated rings. The van der Waals surface area contributed by atoms with Gasteiger partial charge in [0.05, 0.1) is 4.47 Å². The first kappa shape index (κ1) is 13.5. The molecule has 2 unspecified atom stereocenters. The van der Waals surface area contributed by atoms with E-state index in [4.69, 9.17) is 5.84 Å². The highest BCUT2D eigenvalue weighted by Gasteiger charge is 2.21. The summed E-state index contributed by atoms with van der Waals surface area (Å²) < 4.78 is 0.866. The first-order chi connectivity index (χ1) is 8.70. The summed E-state index contributed by atoms with van der Waals surface area (Å²) >= 11 is 3.44. The maximum absolute atomic E-state index is 5.31. The predicted octanol–water partition coefficient (Wildman–Crippen LogP) is 2.76. The van der Waals surface area contributed by atoms with Crippen molar-refractivity contribution in [2.45, 2.75) is 32.6 Å². The third-order valence-corrected chi connectivity index (χ3v) is 4.27. The van der Waals surface area contributed by atoms with Crippen molar-refractivity contribution in [1.82, 2.24) is 9.97 Å². The van der Waals surface area contributed by atoms with Gasteiger partial charge in [-0.05, 0) is 34.2 Å². The number of hydrogen-bond acceptors (Lipinski definition) is 5.